The molecule has 0 aliphatic rings. The lowest BCUT2D eigenvalue weighted by atomic mass is 10.4. The van der Waals surface area contributed by atoms with E-state index in [1.54, 1.807) is 0 Å². The first-order valence-electron chi connectivity index (χ1n) is 3.29. The van der Waals surface area contributed by atoms with E-state index >= 15 is 0 Å². The normalized spacial score (nSPS) is 18.0. The largest absolute Gasteiger partial charge is 0.343 e. The van der Waals surface area contributed by atoms with Gasteiger partial charge in [-0.05, 0) is 21.0 Å². The van der Waals surface area contributed by atoms with E-state index in [1.807, 2.05) is 21.0 Å². The van der Waals surface area contributed by atoms with Crippen LogP contribution in [0.5, 0.6) is 0 Å². The standard InChI is InChI=1S/C6H17N3/c1-5(7)8-6(2)9(3)4/h5-6,8H,7H2,1-4H3/p+1. The van der Waals surface area contributed by atoms with Crippen molar-refractivity contribution in [3.05, 3.63) is 0 Å². The molecule has 3 heteroatoms. The van der Waals surface area contributed by atoms with E-state index in [0.717, 1.165) is 0 Å². The summed E-state index contributed by atoms with van der Waals surface area (Å²) in [5, 5.41) is 3.26. The van der Waals surface area contributed by atoms with Crippen LogP contribution in [-0.2, 0) is 0 Å². The van der Waals surface area contributed by atoms with Crippen LogP contribution < -0.4 is 11.1 Å². The summed E-state index contributed by atoms with van der Waals surface area (Å²) in [4.78, 5) is 2.11. The number of hydrogen-bond donors (Lipinski definition) is 2. The molecule has 0 heterocycles. The monoisotopic (exact) mass is 132 g/mol. The summed E-state index contributed by atoms with van der Waals surface area (Å²) >= 11 is 0. The first-order chi connectivity index (χ1) is 4.04. The van der Waals surface area contributed by atoms with Crippen molar-refractivity contribution >= 4 is 0 Å². The minimum atomic E-state index is 0.322. The molecule has 56 valence electrons. The lowest BCUT2D eigenvalue weighted by Gasteiger charge is -2.21. The van der Waals surface area contributed by atoms with E-state index in [0.29, 0.717) is 12.3 Å². The topological polar surface area (TPSA) is 42.9 Å². The molecule has 0 rings (SSSR count). The lowest BCUT2D eigenvalue weighted by Crippen LogP contribution is -2.68. The van der Waals surface area contributed by atoms with E-state index in [4.69, 9.17) is 0 Å². The second-order valence-electron chi connectivity index (χ2n) is 2.71. The average molecular weight is 132 g/mol. The molecule has 0 fully saturated rings. The van der Waals surface area contributed by atoms with E-state index < -0.39 is 0 Å². The van der Waals surface area contributed by atoms with E-state index in [-0.39, 0.29) is 0 Å². The SMILES string of the molecule is CC([NH3+])NC(C)N(C)C. The summed E-state index contributed by atoms with van der Waals surface area (Å²) in [5.41, 5.74) is 3.82. The average Bonchev–Trinajstić information content (AvgIpc) is 1.63. The van der Waals surface area contributed by atoms with Crippen LogP contribution in [0.15, 0.2) is 0 Å². The van der Waals surface area contributed by atoms with Gasteiger partial charge in [-0.1, -0.05) is 0 Å². The van der Waals surface area contributed by atoms with Gasteiger partial charge in [-0.2, -0.15) is 0 Å². The van der Waals surface area contributed by atoms with Crippen molar-refractivity contribution in [3.8, 4) is 0 Å². The summed E-state index contributed by atoms with van der Waals surface area (Å²) in [6, 6.07) is 0. The Bertz CT molecular complexity index is 70.7. The van der Waals surface area contributed by atoms with Crippen LogP contribution in [0.3, 0.4) is 0 Å². The van der Waals surface area contributed by atoms with Crippen molar-refractivity contribution in [2.75, 3.05) is 14.1 Å². The molecule has 2 atom stereocenters. The molecule has 0 bridgehead atoms. The number of nitrogens with zero attached hydrogens (tertiary/aromatic N) is 1. The van der Waals surface area contributed by atoms with Gasteiger partial charge in [-0.3, -0.25) is 10.2 Å². The third-order valence-corrected chi connectivity index (χ3v) is 1.30. The number of rotatable bonds is 3. The summed E-state index contributed by atoms with van der Waals surface area (Å²) in [6.07, 6.45) is 0.736. The highest BCUT2D eigenvalue weighted by Gasteiger charge is 2.05. The molecule has 0 amide bonds. The Labute approximate surface area is 57.2 Å². The number of nitrogens with one attached hydrogen (secondary N) is 1. The first-order valence-corrected chi connectivity index (χ1v) is 3.29. The summed E-state index contributed by atoms with van der Waals surface area (Å²) in [6.45, 7) is 4.15. The van der Waals surface area contributed by atoms with Gasteiger partial charge < -0.3 is 5.73 Å². The third kappa shape index (κ3) is 4.39. The van der Waals surface area contributed by atoms with Crippen LogP contribution in [0.25, 0.3) is 0 Å². The Hall–Kier alpha value is -0.120. The molecule has 4 N–H and O–H groups in total. The van der Waals surface area contributed by atoms with E-state index in [2.05, 4.69) is 22.9 Å². The van der Waals surface area contributed by atoms with Crippen molar-refractivity contribution < 1.29 is 5.73 Å². The van der Waals surface area contributed by atoms with Gasteiger partial charge in [0.05, 0.1) is 6.17 Å². The lowest BCUT2D eigenvalue weighted by molar-refractivity contribution is -0.425. The zero-order chi connectivity index (χ0) is 7.44. The fraction of sp³-hybridized carbons (Fsp3) is 1.00. The number of hydrogen-bond acceptors (Lipinski definition) is 2. The van der Waals surface area contributed by atoms with Gasteiger partial charge in [-0.25, -0.2) is 0 Å². The van der Waals surface area contributed by atoms with Gasteiger partial charge in [0.2, 0.25) is 0 Å². The van der Waals surface area contributed by atoms with Crippen LogP contribution in [0.4, 0.5) is 0 Å². The predicted octanol–water partition coefficient (Wildman–Crippen LogP) is -0.928. The molecule has 0 aliphatic heterocycles. The van der Waals surface area contributed by atoms with Crippen LogP contribution in [-0.4, -0.2) is 31.3 Å². The van der Waals surface area contributed by atoms with Crippen molar-refractivity contribution in [3.63, 3.8) is 0 Å². The number of quaternary nitrogens is 1. The van der Waals surface area contributed by atoms with Crippen LogP contribution in [0, 0.1) is 0 Å². The van der Waals surface area contributed by atoms with Crippen LogP contribution >= 0.6 is 0 Å². The quantitative estimate of drug-likeness (QED) is 0.487. The molecule has 2 unspecified atom stereocenters. The molecule has 0 aromatic heterocycles. The molecule has 0 radical (unpaired) electrons. The minimum Gasteiger partial charge on any atom is -0.343 e. The van der Waals surface area contributed by atoms with Gasteiger partial charge in [-0.15, -0.1) is 0 Å². The van der Waals surface area contributed by atoms with Gasteiger partial charge in [0, 0.05) is 6.92 Å². The van der Waals surface area contributed by atoms with Crippen molar-refractivity contribution in [2.24, 2.45) is 0 Å². The highest BCUT2D eigenvalue weighted by molar-refractivity contribution is 4.54. The van der Waals surface area contributed by atoms with Gasteiger partial charge in [0.15, 0.2) is 0 Å². The molecule has 9 heavy (non-hydrogen) atoms. The Morgan fingerprint density at radius 1 is 1.33 bits per heavy atom. The highest BCUT2D eigenvalue weighted by Crippen LogP contribution is 1.84. The summed E-state index contributed by atoms with van der Waals surface area (Å²) in [7, 11) is 4.08. The molecule has 3 nitrogen and oxygen atoms in total. The maximum atomic E-state index is 3.82. The highest BCUT2D eigenvalue weighted by atomic mass is 15.2. The van der Waals surface area contributed by atoms with Gasteiger partial charge in [0.1, 0.15) is 6.17 Å². The second kappa shape index (κ2) is 3.82. The predicted molar refractivity (Wildman–Crippen MR) is 38.6 cm³/mol. The second-order valence-corrected chi connectivity index (χ2v) is 2.71. The maximum Gasteiger partial charge on any atom is 0.136 e. The van der Waals surface area contributed by atoms with Gasteiger partial charge in [0.25, 0.3) is 0 Å². The minimum absolute atomic E-state index is 0.322. The van der Waals surface area contributed by atoms with Crippen molar-refractivity contribution in [2.45, 2.75) is 26.2 Å². The van der Waals surface area contributed by atoms with Crippen LogP contribution in [0.1, 0.15) is 13.8 Å². The molecular formula is C6H18N3+. The van der Waals surface area contributed by atoms with Crippen molar-refractivity contribution in [1.82, 2.24) is 10.2 Å². The molecule has 0 aliphatic carbocycles. The maximum absolute atomic E-state index is 3.82. The Kier molecular flexibility index (Phi) is 3.77. The Balaban J connectivity index is 3.38. The molecule has 0 saturated carbocycles. The summed E-state index contributed by atoms with van der Waals surface area (Å²) < 4.78 is 0. The fourth-order valence-electron chi connectivity index (χ4n) is 0.561. The summed E-state index contributed by atoms with van der Waals surface area (Å²) in [5.74, 6) is 0. The third-order valence-electron chi connectivity index (χ3n) is 1.30. The Morgan fingerprint density at radius 2 is 1.78 bits per heavy atom. The van der Waals surface area contributed by atoms with E-state index in [9.17, 15) is 0 Å². The van der Waals surface area contributed by atoms with E-state index in [1.165, 1.54) is 0 Å². The zero-order valence-corrected chi connectivity index (χ0v) is 6.81. The molecule has 0 spiro atoms. The molecule has 0 aromatic rings. The fourth-order valence-corrected chi connectivity index (χ4v) is 0.561. The molecule has 0 aromatic carbocycles. The zero-order valence-electron chi connectivity index (χ0n) is 6.81. The molecular weight excluding hydrogens is 114 g/mol. The van der Waals surface area contributed by atoms with Crippen molar-refractivity contribution in [1.29, 1.82) is 0 Å². The smallest absolute Gasteiger partial charge is 0.136 e. The van der Waals surface area contributed by atoms with Gasteiger partial charge >= 0.3 is 0 Å². The molecule has 0 saturated heterocycles. The Morgan fingerprint density at radius 3 is 1.89 bits per heavy atom. The first kappa shape index (κ1) is 8.88. The van der Waals surface area contributed by atoms with Crippen LogP contribution in [0.2, 0.25) is 0 Å².